The van der Waals surface area contributed by atoms with Crippen molar-refractivity contribution in [2.45, 2.75) is 47.5 Å². The maximum Gasteiger partial charge on any atom is -0.0414 e. The smallest absolute Gasteiger partial charge is 0.0414 e. The molecule has 0 aliphatic rings. The van der Waals surface area contributed by atoms with Crippen molar-refractivity contribution < 1.29 is 0 Å². The highest BCUT2D eigenvalue weighted by atomic mass is 13.9. The third-order valence-corrected chi connectivity index (χ3v) is 1.12. The summed E-state index contributed by atoms with van der Waals surface area (Å²) in [5, 5.41) is 0. The van der Waals surface area contributed by atoms with Gasteiger partial charge in [-0.2, -0.15) is 0 Å². The maximum absolute atomic E-state index is 2.22. The van der Waals surface area contributed by atoms with Gasteiger partial charge < -0.3 is 0 Å². The Morgan fingerprint density at radius 3 is 1.50 bits per heavy atom. The van der Waals surface area contributed by atoms with Crippen molar-refractivity contribution in [3.63, 3.8) is 0 Å². The Morgan fingerprint density at radius 1 is 1.10 bits per heavy atom. The van der Waals surface area contributed by atoms with Gasteiger partial charge in [0.25, 0.3) is 0 Å². The predicted molar refractivity (Wildman–Crippen MR) is 49.7 cm³/mol. The van der Waals surface area contributed by atoms with E-state index in [1.807, 2.05) is 0 Å². The summed E-state index contributed by atoms with van der Waals surface area (Å²) in [6.45, 7) is 10.7. The zero-order valence-electron chi connectivity index (χ0n) is 8.15. The molecule has 0 heterocycles. The minimum absolute atomic E-state index is 0.843. The molecular formula is C10H22. The molecule has 0 aromatic heterocycles. The van der Waals surface area contributed by atoms with Crippen molar-refractivity contribution in [2.75, 3.05) is 0 Å². The van der Waals surface area contributed by atoms with Gasteiger partial charge in [0, 0.05) is 0 Å². The Balaban J connectivity index is 0. The molecule has 0 bridgehead atoms. The first-order chi connectivity index (χ1) is 4.68. The van der Waals surface area contributed by atoms with Crippen LogP contribution in [-0.2, 0) is 0 Å². The largest absolute Gasteiger partial charge is 0.0651 e. The molecule has 0 aliphatic heterocycles. The zero-order chi connectivity index (χ0) is 8.41. The van der Waals surface area contributed by atoms with E-state index < -0.39 is 0 Å². The standard InChI is InChI=1S/C6H13.C4H9/c1-4-5-6(2)3;1-3-4-2/h4,6H,5H2,1-3H3;3H,4H2,1-2H3. The molecule has 0 aromatic rings. The van der Waals surface area contributed by atoms with E-state index in [2.05, 4.69) is 47.5 Å². The molecule has 2 radical (unpaired) electrons. The molecule has 0 heteroatoms. The Labute approximate surface area is 67.0 Å². The zero-order valence-corrected chi connectivity index (χ0v) is 8.15. The van der Waals surface area contributed by atoms with Gasteiger partial charge in [0.05, 0.1) is 0 Å². The summed E-state index contributed by atoms with van der Waals surface area (Å²) >= 11 is 0. The molecule has 0 fully saturated rings. The van der Waals surface area contributed by atoms with Crippen LogP contribution in [0, 0.1) is 18.8 Å². The van der Waals surface area contributed by atoms with E-state index in [4.69, 9.17) is 0 Å². The molecule has 0 rings (SSSR count). The van der Waals surface area contributed by atoms with Crippen molar-refractivity contribution in [3.8, 4) is 0 Å². The number of hydrogen-bond donors (Lipinski definition) is 0. The Bertz CT molecular complexity index is 35.3. The van der Waals surface area contributed by atoms with Gasteiger partial charge in [-0.3, -0.25) is 0 Å². The van der Waals surface area contributed by atoms with Crippen LogP contribution in [0.5, 0.6) is 0 Å². The van der Waals surface area contributed by atoms with Crippen LogP contribution >= 0.6 is 0 Å². The fourth-order valence-corrected chi connectivity index (χ4v) is 0.471. The fraction of sp³-hybridized carbons (Fsp3) is 0.800. The fourth-order valence-electron chi connectivity index (χ4n) is 0.471. The van der Waals surface area contributed by atoms with Gasteiger partial charge >= 0.3 is 0 Å². The van der Waals surface area contributed by atoms with Crippen LogP contribution in [0.25, 0.3) is 0 Å². The molecule has 62 valence electrons. The Kier molecular flexibility index (Phi) is 14.9. The first-order valence-corrected chi connectivity index (χ1v) is 4.24. The maximum atomic E-state index is 2.22. The minimum Gasteiger partial charge on any atom is -0.0651 e. The highest BCUT2D eigenvalue weighted by Gasteiger charge is 1.85. The van der Waals surface area contributed by atoms with Crippen LogP contribution in [0.2, 0.25) is 0 Å². The molecule has 0 nitrogen and oxygen atoms in total. The molecule has 10 heavy (non-hydrogen) atoms. The van der Waals surface area contributed by atoms with E-state index in [0.29, 0.717) is 0 Å². The number of hydrogen-bond acceptors (Lipinski definition) is 0. The summed E-state index contributed by atoms with van der Waals surface area (Å²) in [6.07, 6.45) is 6.77. The molecule has 0 saturated heterocycles. The first kappa shape index (κ1) is 12.7. The van der Waals surface area contributed by atoms with Crippen molar-refractivity contribution >= 4 is 0 Å². The molecule has 0 N–H and O–H groups in total. The quantitative estimate of drug-likeness (QED) is 0.561. The lowest BCUT2D eigenvalue weighted by atomic mass is 10.1. The average Bonchev–Trinajstić information content (AvgIpc) is 1.89. The SMILES string of the molecule is C[CH]CC.C[CH]CC(C)C. The lowest BCUT2D eigenvalue weighted by molar-refractivity contribution is 0.639. The molecule has 0 saturated carbocycles. The van der Waals surface area contributed by atoms with Crippen LogP contribution in [0.4, 0.5) is 0 Å². The Hall–Kier alpha value is 0. The second kappa shape index (κ2) is 11.8. The van der Waals surface area contributed by atoms with Crippen molar-refractivity contribution in [3.05, 3.63) is 12.8 Å². The van der Waals surface area contributed by atoms with E-state index in [1.165, 1.54) is 12.8 Å². The second-order valence-electron chi connectivity index (χ2n) is 2.85. The van der Waals surface area contributed by atoms with Crippen LogP contribution in [0.1, 0.15) is 47.5 Å². The highest BCUT2D eigenvalue weighted by molar-refractivity contribution is 4.57. The van der Waals surface area contributed by atoms with Crippen LogP contribution < -0.4 is 0 Å². The van der Waals surface area contributed by atoms with Crippen molar-refractivity contribution in [1.29, 1.82) is 0 Å². The minimum atomic E-state index is 0.843. The first-order valence-electron chi connectivity index (χ1n) is 4.24. The van der Waals surface area contributed by atoms with Gasteiger partial charge in [-0.25, -0.2) is 0 Å². The highest BCUT2D eigenvalue weighted by Crippen LogP contribution is 1.99. The van der Waals surface area contributed by atoms with E-state index in [0.717, 1.165) is 5.92 Å². The van der Waals surface area contributed by atoms with Crippen molar-refractivity contribution in [2.24, 2.45) is 5.92 Å². The third kappa shape index (κ3) is 24.5. The summed E-state index contributed by atoms with van der Waals surface area (Å²) < 4.78 is 0. The molecule has 0 aromatic carbocycles. The summed E-state index contributed by atoms with van der Waals surface area (Å²) in [5.74, 6) is 0.843. The number of rotatable bonds is 3. The summed E-state index contributed by atoms with van der Waals surface area (Å²) in [6, 6.07) is 0. The molecule has 0 atom stereocenters. The van der Waals surface area contributed by atoms with E-state index in [1.54, 1.807) is 0 Å². The monoisotopic (exact) mass is 142 g/mol. The van der Waals surface area contributed by atoms with E-state index >= 15 is 0 Å². The van der Waals surface area contributed by atoms with Gasteiger partial charge in [0.1, 0.15) is 0 Å². The summed E-state index contributed by atoms with van der Waals surface area (Å²) in [7, 11) is 0. The van der Waals surface area contributed by atoms with Gasteiger partial charge in [-0.15, -0.1) is 0 Å². The second-order valence-corrected chi connectivity index (χ2v) is 2.85. The third-order valence-electron chi connectivity index (χ3n) is 1.12. The van der Waals surface area contributed by atoms with Crippen molar-refractivity contribution in [1.82, 2.24) is 0 Å². The van der Waals surface area contributed by atoms with Gasteiger partial charge in [0.2, 0.25) is 0 Å². The molecule has 0 spiro atoms. The summed E-state index contributed by atoms with van der Waals surface area (Å²) in [5.41, 5.74) is 0. The molecule has 0 unspecified atom stereocenters. The lowest BCUT2D eigenvalue weighted by Gasteiger charge is -1.95. The van der Waals surface area contributed by atoms with E-state index in [-0.39, 0.29) is 0 Å². The molecule has 0 amide bonds. The average molecular weight is 142 g/mol. The molecule has 0 aliphatic carbocycles. The lowest BCUT2D eigenvalue weighted by Crippen LogP contribution is -1.82. The van der Waals surface area contributed by atoms with Crippen LogP contribution in [0.15, 0.2) is 0 Å². The molecular weight excluding hydrogens is 120 g/mol. The summed E-state index contributed by atoms with van der Waals surface area (Å²) in [4.78, 5) is 0. The normalized spacial score (nSPS) is 9.00. The number of unbranched alkanes of at least 4 members (excludes halogenated alkanes) is 1. The van der Waals surface area contributed by atoms with Crippen LogP contribution in [-0.4, -0.2) is 0 Å². The van der Waals surface area contributed by atoms with Gasteiger partial charge in [-0.1, -0.05) is 41.0 Å². The topological polar surface area (TPSA) is 0 Å². The predicted octanol–water partition coefficient (Wildman–Crippen LogP) is 3.88. The van der Waals surface area contributed by atoms with Gasteiger partial charge in [0.15, 0.2) is 0 Å². The van der Waals surface area contributed by atoms with E-state index in [9.17, 15) is 0 Å². The Morgan fingerprint density at radius 2 is 1.50 bits per heavy atom. The van der Waals surface area contributed by atoms with Gasteiger partial charge in [-0.05, 0) is 25.2 Å². The van der Waals surface area contributed by atoms with Crippen LogP contribution in [0.3, 0.4) is 0 Å².